The zero-order chi connectivity index (χ0) is 19.6. The van der Waals surface area contributed by atoms with Gasteiger partial charge in [0.15, 0.2) is 5.82 Å². The Hall–Kier alpha value is -1.77. The molecule has 2 aliphatic heterocycles. The number of fused-ring (bicyclic) bond motifs is 1. The molecule has 0 atom stereocenters. The van der Waals surface area contributed by atoms with Gasteiger partial charge in [-0.2, -0.15) is 0 Å². The summed E-state index contributed by atoms with van der Waals surface area (Å²) in [5.41, 5.74) is 0.0509. The van der Waals surface area contributed by atoms with Gasteiger partial charge >= 0.3 is 0 Å². The third-order valence-electron chi connectivity index (χ3n) is 5.79. The summed E-state index contributed by atoms with van der Waals surface area (Å²) in [6.45, 7) is 9.89. The Bertz CT molecular complexity index is 822. The van der Waals surface area contributed by atoms with E-state index >= 15 is 0 Å². The van der Waals surface area contributed by atoms with Crippen LogP contribution in [-0.2, 0) is 24.4 Å². The minimum atomic E-state index is -0.136. The molecule has 1 amide bonds. The molecule has 0 aliphatic carbocycles. The van der Waals surface area contributed by atoms with Crippen molar-refractivity contribution in [2.45, 2.75) is 52.8 Å². The number of nitrogens with zero attached hydrogens (tertiary/aromatic N) is 4. The van der Waals surface area contributed by atoms with E-state index in [9.17, 15) is 4.79 Å². The third-order valence-corrected chi connectivity index (χ3v) is 6.78. The number of hydrogen-bond donors (Lipinski definition) is 1. The van der Waals surface area contributed by atoms with Crippen molar-refractivity contribution in [3.8, 4) is 0 Å². The molecule has 8 heteroatoms. The fourth-order valence-electron chi connectivity index (χ4n) is 4.11. The number of rotatable bonds is 5. The summed E-state index contributed by atoms with van der Waals surface area (Å²) in [4.78, 5) is 17.8. The van der Waals surface area contributed by atoms with Crippen LogP contribution in [0.15, 0.2) is 12.1 Å². The van der Waals surface area contributed by atoms with Crippen molar-refractivity contribution in [2.75, 3.05) is 26.2 Å². The molecule has 2 aromatic rings. The largest absolute Gasteiger partial charge is 0.373 e. The molecule has 7 nitrogen and oxygen atoms in total. The summed E-state index contributed by atoms with van der Waals surface area (Å²) in [5.74, 6) is 1.04. The van der Waals surface area contributed by atoms with Gasteiger partial charge in [0.1, 0.15) is 6.61 Å². The Morgan fingerprint density at radius 2 is 2.14 bits per heavy atom. The maximum atomic E-state index is 12.5. The lowest BCUT2D eigenvalue weighted by Crippen LogP contribution is -2.44. The lowest BCUT2D eigenvalue weighted by Gasteiger charge is -2.41. The number of thiophene rings is 1. The number of carbonyl (C=O) groups is 1. The molecule has 0 saturated carbocycles. The maximum absolute atomic E-state index is 12.5. The van der Waals surface area contributed by atoms with E-state index in [4.69, 9.17) is 4.74 Å². The number of nitrogens with one attached hydrogen (secondary N) is 1. The first-order chi connectivity index (χ1) is 13.6. The Balaban J connectivity index is 1.44. The van der Waals surface area contributed by atoms with Gasteiger partial charge in [0.25, 0.3) is 5.91 Å². The van der Waals surface area contributed by atoms with E-state index in [0.717, 1.165) is 57.9 Å². The Kier molecular flexibility index (Phi) is 5.80. The van der Waals surface area contributed by atoms with Crippen LogP contribution in [0, 0.1) is 12.3 Å². The zero-order valence-electron chi connectivity index (χ0n) is 16.7. The summed E-state index contributed by atoms with van der Waals surface area (Å²) in [5, 5.41) is 11.3. The molecule has 0 radical (unpaired) electrons. The molecule has 1 fully saturated rings. The standard InChI is InChI=1S/C20H29N5O2S/c1-3-8-21-19(26)18-23-22-17-12-27-14-20(13-25(17)18)6-9-24(10-7-20)11-16-5-4-15(2)28-16/h4-5H,3,6-14H2,1-2H3,(H,21,26). The van der Waals surface area contributed by atoms with Crippen molar-refractivity contribution in [2.24, 2.45) is 5.41 Å². The summed E-state index contributed by atoms with van der Waals surface area (Å²) in [7, 11) is 0. The highest BCUT2D eigenvalue weighted by atomic mass is 32.1. The highest BCUT2D eigenvalue weighted by molar-refractivity contribution is 7.11. The van der Waals surface area contributed by atoms with E-state index in [0.29, 0.717) is 19.0 Å². The van der Waals surface area contributed by atoms with Gasteiger partial charge in [-0.25, -0.2) is 0 Å². The predicted molar refractivity (Wildman–Crippen MR) is 108 cm³/mol. The van der Waals surface area contributed by atoms with E-state index in [1.165, 1.54) is 9.75 Å². The number of aryl methyl sites for hydroxylation is 1. The number of piperidine rings is 1. The van der Waals surface area contributed by atoms with E-state index in [2.05, 4.69) is 39.5 Å². The van der Waals surface area contributed by atoms with Crippen molar-refractivity contribution in [1.82, 2.24) is 25.0 Å². The second kappa shape index (κ2) is 8.31. The van der Waals surface area contributed by atoms with Crippen molar-refractivity contribution < 1.29 is 9.53 Å². The number of carbonyl (C=O) groups excluding carboxylic acids is 1. The maximum Gasteiger partial charge on any atom is 0.289 e. The van der Waals surface area contributed by atoms with Gasteiger partial charge in [-0.05, 0) is 51.4 Å². The van der Waals surface area contributed by atoms with Crippen molar-refractivity contribution in [1.29, 1.82) is 0 Å². The first-order valence-corrected chi connectivity index (χ1v) is 11.0. The van der Waals surface area contributed by atoms with Gasteiger partial charge in [0.05, 0.1) is 6.61 Å². The van der Waals surface area contributed by atoms with Crippen LogP contribution >= 0.6 is 11.3 Å². The van der Waals surface area contributed by atoms with Crippen LogP contribution in [0.5, 0.6) is 0 Å². The normalized spacial score (nSPS) is 19.4. The SMILES string of the molecule is CCCNC(=O)c1nnc2n1CC1(CCN(Cc3ccc(C)s3)CC1)COC2. The average Bonchev–Trinajstić information content (AvgIpc) is 3.23. The quantitative estimate of drug-likeness (QED) is 0.831. The van der Waals surface area contributed by atoms with Crippen LogP contribution in [0.25, 0.3) is 0 Å². The first-order valence-electron chi connectivity index (χ1n) is 10.1. The molecule has 1 saturated heterocycles. The van der Waals surface area contributed by atoms with Crippen LogP contribution in [0.3, 0.4) is 0 Å². The smallest absolute Gasteiger partial charge is 0.289 e. The number of hydrogen-bond acceptors (Lipinski definition) is 6. The topological polar surface area (TPSA) is 72.3 Å². The van der Waals surface area contributed by atoms with Crippen molar-refractivity contribution in [3.63, 3.8) is 0 Å². The summed E-state index contributed by atoms with van der Waals surface area (Å²) < 4.78 is 7.97. The van der Waals surface area contributed by atoms with Crippen LogP contribution in [0.4, 0.5) is 0 Å². The van der Waals surface area contributed by atoms with E-state index in [1.54, 1.807) is 0 Å². The molecule has 152 valence electrons. The monoisotopic (exact) mass is 403 g/mol. The molecule has 1 N–H and O–H groups in total. The van der Waals surface area contributed by atoms with E-state index in [-0.39, 0.29) is 11.3 Å². The molecule has 4 heterocycles. The molecular weight excluding hydrogens is 374 g/mol. The third kappa shape index (κ3) is 4.14. The van der Waals surface area contributed by atoms with Gasteiger partial charge < -0.3 is 14.6 Å². The van der Waals surface area contributed by atoms with Crippen LogP contribution in [0.2, 0.25) is 0 Å². The van der Waals surface area contributed by atoms with Gasteiger partial charge in [0.2, 0.25) is 5.82 Å². The second-order valence-corrected chi connectivity index (χ2v) is 9.44. The predicted octanol–water partition coefficient (Wildman–Crippen LogP) is 2.60. The Labute approximate surface area is 170 Å². The minimum Gasteiger partial charge on any atom is -0.373 e. The first kappa shape index (κ1) is 19.5. The Morgan fingerprint density at radius 1 is 1.32 bits per heavy atom. The van der Waals surface area contributed by atoms with Gasteiger partial charge in [-0.3, -0.25) is 9.69 Å². The van der Waals surface area contributed by atoms with E-state index in [1.807, 2.05) is 22.8 Å². The number of ether oxygens (including phenoxy) is 1. The highest BCUT2D eigenvalue weighted by Gasteiger charge is 2.39. The number of likely N-dealkylation sites (tertiary alicyclic amines) is 1. The summed E-state index contributed by atoms with van der Waals surface area (Å²) in [6, 6.07) is 4.44. The molecular formula is C20H29N5O2S. The number of aromatic nitrogens is 3. The van der Waals surface area contributed by atoms with Crippen LogP contribution in [-0.4, -0.2) is 51.8 Å². The molecule has 2 aliphatic rings. The van der Waals surface area contributed by atoms with Gasteiger partial charge in [-0.15, -0.1) is 21.5 Å². The average molecular weight is 404 g/mol. The zero-order valence-corrected chi connectivity index (χ0v) is 17.6. The number of amides is 1. The van der Waals surface area contributed by atoms with Gasteiger partial charge in [0, 0.05) is 34.8 Å². The summed E-state index contributed by atoms with van der Waals surface area (Å²) >= 11 is 1.88. The molecule has 2 aromatic heterocycles. The molecule has 0 bridgehead atoms. The Morgan fingerprint density at radius 3 is 2.86 bits per heavy atom. The summed E-state index contributed by atoms with van der Waals surface area (Å²) in [6.07, 6.45) is 3.02. The molecule has 0 unspecified atom stereocenters. The molecule has 0 aromatic carbocycles. The van der Waals surface area contributed by atoms with Crippen LogP contribution in [0.1, 0.15) is 52.4 Å². The van der Waals surface area contributed by atoms with Crippen molar-refractivity contribution >= 4 is 17.2 Å². The minimum absolute atomic E-state index is 0.0509. The second-order valence-electron chi connectivity index (χ2n) is 8.06. The molecule has 28 heavy (non-hydrogen) atoms. The molecule has 1 spiro atoms. The fraction of sp³-hybridized carbons (Fsp3) is 0.650. The fourth-order valence-corrected chi connectivity index (χ4v) is 5.04. The molecule has 4 rings (SSSR count). The van der Waals surface area contributed by atoms with E-state index < -0.39 is 0 Å². The van der Waals surface area contributed by atoms with Gasteiger partial charge in [-0.1, -0.05) is 6.92 Å². The lowest BCUT2D eigenvalue weighted by atomic mass is 9.79. The lowest BCUT2D eigenvalue weighted by molar-refractivity contribution is -0.00552. The highest BCUT2D eigenvalue weighted by Crippen LogP contribution is 2.37. The van der Waals surface area contributed by atoms with Crippen molar-refractivity contribution in [3.05, 3.63) is 33.5 Å². The van der Waals surface area contributed by atoms with Crippen LogP contribution < -0.4 is 5.32 Å².